The molecule has 0 fully saturated rings. The first-order valence-corrected chi connectivity index (χ1v) is 11.8. The summed E-state index contributed by atoms with van der Waals surface area (Å²) in [6, 6.07) is 28.4. The van der Waals surface area contributed by atoms with E-state index in [0.717, 1.165) is 0 Å². The van der Waals surface area contributed by atoms with Crippen LogP contribution in [-0.4, -0.2) is 28.4 Å². The molecule has 0 amide bonds. The Morgan fingerprint density at radius 2 is 0.811 bits per heavy atom. The van der Waals surface area contributed by atoms with Crippen molar-refractivity contribution in [2.75, 3.05) is 0 Å². The van der Waals surface area contributed by atoms with Crippen LogP contribution >= 0.6 is 0 Å². The molecule has 4 aromatic rings. The van der Waals surface area contributed by atoms with Gasteiger partial charge in [-0.15, -0.1) is 0 Å². The molecule has 10 heteroatoms. The van der Waals surface area contributed by atoms with E-state index in [0.29, 0.717) is 0 Å². The predicted octanol–water partition coefficient (Wildman–Crippen LogP) is 6.55. The van der Waals surface area contributed by atoms with E-state index in [4.69, 9.17) is 13.0 Å². The summed E-state index contributed by atoms with van der Waals surface area (Å²) < 4.78 is 58.9. The van der Waals surface area contributed by atoms with E-state index in [9.17, 15) is 13.2 Å². The van der Waals surface area contributed by atoms with E-state index in [-0.39, 0.29) is 22.4 Å². The molecular formula is C27H22AgF3N2O3S. The molecule has 0 atom stereocenters. The number of halogens is 3. The second-order valence-corrected chi connectivity index (χ2v) is 8.32. The van der Waals surface area contributed by atoms with Gasteiger partial charge in [0.1, 0.15) is 0 Å². The number of nitrogens with zero attached hydrogens (tertiary/aromatic N) is 2. The van der Waals surface area contributed by atoms with Crippen LogP contribution in [0.15, 0.2) is 110 Å². The summed E-state index contributed by atoms with van der Waals surface area (Å²) >= 11 is 0. The molecule has 0 aliphatic rings. The summed E-state index contributed by atoms with van der Waals surface area (Å²) in [6.07, 6.45) is 15.5. The average Bonchev–Trinajstić information content (AvgIpc) is 2.88. The Morgan fingerprint density at radius 1 is 0.568 bits per heavy atom. The summed E-state index contributed by atoms with van der Waals surface area (Å²) in [7, 11) is -6.09. The number of rotatable bonds is 4. The summed E-state index contributed by atoms with van der Waals surface area (Å²) in [6.45, 7) is 0. The van der Waals surface area contributed by atoms with E-state index in [2.05, 4.69) is 58.5 Å². The maximum Gasteiger partial charge on any atom is 1.00 e. The van der Waals surface area contributed by atoms with Gasteiger partial charge in [0.05, 0.1) is 0 Å². The van der Waals surface area contributed by atoms with Crippen molar-refractivity contribution in [1.29, 1.82) is 0 Å². The normalized spacial score (nSPS) is 11.0. The van der Waals surface area contributed by atoms with Gasteiger partial charge in [0.15, 0.2) is 10.1 Å². The molecule has 0 radical (unpaired) electrons. The Labute approximate surface area is 229 Å². The molecule has 0 bridgehead atoms. The van der Waals surface area contributed by atoms with Crippen molar-refractivity contribution in [2.45, 2.75) is 5.51 Å². The molecule has 4 rings (SSSR count). The maximum atomic E-state index is 10.7. The third-order valence-corrected chi connectivity index (χ3v) is 4.80. The summed E-state index contributed by atoms with van der Waals surface area (Å²) in [4.78, 5) is 7.93. The molecule has 196 valence electrons. The first-order chi connectivity index (χ1) is 17.1. The summed E-state index contributed by atoms with van der Waals surface area (Å²) in [5, 5.41) is 0. The number of aromatic nitrogens is 2. The molecular weight excluding hydrogens is 597 g/mol. The maximum absolute atomic E-state index is 10.7. The SMILES string of the molecule is C(=C\c1ccncc1)/c1ccccc1.C(=C\c1ccncc1)/c1ccccc1.O=S(=O)([O-])C(F)(F)F.[Ag+]. The molecule has 0 spiro atoms. The Morgan fingerprint density at radius 3 is 1.05 bits per heavy atom. The fraction of sp³-hybridized carbons (Fsp3) is 0.0370. The van der Waals surface area contributed by atoms with Gasteiger partial charge in [-0.1, -0.05) is 85.0 Å². The molecule has 5 nitrogen and oxygen atoms in total. The van der Waals surface area contributed by atoms with Crippen molar-refractivity contribution >= 4 is 34.4 Å². The van der Waals surface area contributed by atoms with Gasteiger partial charge in [-0.3, -0.25) is 9.97 Å². The smallest absolute Gasteiger partial charge is 0.741 e. The zero-order valence-corrected chi connectivity index (χ0v) is 21.5. The predicted molar refractivity (Wildman–Crippen MR) is 135 cm³/mol. The van der Waals surface area contributed by atoms with Crippen molar-refractivity contribution in [3.63, 3.8) is 0 Å². The van der Waals surface area contributed by atoms with Crippen LogP contribution in [0.1, 0.15) is 22.3 Å². The van der Waals surface area contributed by atoms with E-state index in [1.807, 2.05) is 60.7 Å². The summed E-state index contributed by atoms with van der Waals surface area (Å²) in [5.41, 5.74) is -0.881. The molecule has 0 aliphatic carbocycles. The van der Waals surface area contributed by atoms with Crippen LogP contribution in [0.2, 0.25) is 0 Å². The molecule has 37 heavy (non-hydrogen) atoms. The molecule has 2 aromatic heterocycles. The average molecular weight is 619 g/mol. The van der Waals surface area contributed by atoms with Gasteiger partial charge in [-0.2, -0.15) is 13.2 Å². The van der Waals surface area contributed by atoms with Gasteiger partial charge in [-0.05, 0) is 46.5 Å². The van der Waals surface area contributed by atoms with Crippen LogP contribution in [0, 0.1) is 0 Å². The first-order valence-electron chi connectivity index (χ1n) is 10.4. The molecule has 2 heterocycles. The quantitative estimate of drug-likeness (QED) is 0.147. The third kappa shape index (κ3) is 13.5. The van der Waals surface area contributed by atoms with E-state index >= 15 is 0 Å². The second-order valence-electron chi connectivity index (χ2n) is 6.95. The van der Waals surface area contributed by atoms with Crippen LogP contribution in [0.25, 0.3) is 24.3 Å². The van der Waals surface area contributed by atoms with Gasteiger partial charge in [-0.25, -0.2) is 8.42 Å². The number of benzene rings is 2. The standard InChI is InChI=1S/2C13H11N.CHF3O3S.Ag/c2*1-2-4-12(5-3-1)6-7-13-8-10-14-11-9-13;2-1(3,4)8(5,6)7;/h2*1-11H;(H,5,6,7);/q;;;+1/p-1/b2*7-6+;;. The van der Waals surface area contributed by atoms with E-state index in [1.165, 1.54) is 22.3 Å². The largest absolute Gasteiger partial charge is 1.00 e. The zero-order valence-electron chi connectivity index (χ0n) is 19.2. The fourth-order valence-corrected chi connectivity index (χ4v) is 2.46. The fourth-order valence-electron chi connectivity index (χ4n) is 2.46. The van der Waals surface area contributed by atoms with Crippen molar-refractivity contribution in [3.8, 4) is 0 Å². The minimum absolute atomic E-state index is 0. The molecule has 0 saturated heterocycles. The van der Waals surface area contributed by atoms with Gasteiger partial charge in [0.2, 0.25) is 0 Å². The minimum atomic E-state index is -6.09. The first kappa shape index (κ1) is 31.7. The Hall–Kier alpha value is -3.34. The summed E-state index contributed by atoms with van der Waals surface area (Å²) in [5.74, 6) is 0. The van der Waals surface area contributed by atoms with E-state index < -0.39 is 15.6 Å². The Balaban J connectivity index is 0.000000286. The van der Waals surface area contributed by atoms with Crippen LogP contribution in [0.5, 0.6) is 0 Å². The van der Waals surface area contributed by atoms with Gasteiger partial charge < -0.3 is 4.55 Å². The van der Waals surface area contributed by atoms with E-state index in [1.54, 1.807) is 24.8 Å². The second kappa shape index (κ2) is 16.4. The molecule has 0 unspecified atom stereocenters. The van der Waals surface area contributed by atoms with Gasteiger partial charge in [0.25, 0.3) is 0 Å². The Bertz CT molecular complexity index is 1150. The third-order valence-electron chi connectivity index (χ3n) is 4.23. The number of pyridine rings is 2. The van der Waals surface area contributed by atoms with Crippen LogP contribution in [0.4, 0.5) is 13.2 Å². The van der Waals surface area contributed by atoms with Crippen LogP contribution < -0.4 is 0 Å². The molecule has 0 saturated carbocycles. The number of hydrogen-bond donors (Lipinski definition) is 0. The van der Waals surface area contributed by atoms with Crippen molar-refractivity contribution < 1.29 is 48.5 Å². The van der Waals surface area contributed by atoms with Gasteiger partial charge >= 0.3 is 27.9 Å². The van der Waals surface area contributed by atoms with Gasteiger partial charge in [0, 0.05) is 24.8 Å². The topological polar surface area (TPSA) is 83.0 Å². The number of alkyl halides is 3. The molecule has 0 aliphatic heterocycles. The van der Waals surface area contributed by atoms with Crippen molar-refractivity contribution in [3.05, 3.63) is 132 Å². The van der Waals surface area contributed by atoms with Crippen LogP contribution in [-0.2, 0) is 32.5 Å². The number of hydrogen-bond acceptors (Lipinski definition) is 5. The Kier molecular flexibility index (Phi) is 14.1. The zero-order chi connectivity index (χ0) is 26.3. The monoisotopic (exact) mass is 618 g/mol. The van der Waals surface area contributed by atoms with Crippen molar-refractivity contribution in [2.24, 2.45) is 0 Å². The molecule has 0 N–H and O–H groups in total. The molecule has 2 aromatic carbocycles. The van der Waals surface area contributed by atoms with Crippen LogP contribution in [0.3, 0.4) is 0 Å². The minimum Gasteiger partial charge on any atom is -0.741 e. The van der Waals surface area contributed by atoms with Crippen molar-refractivity contribution in [1.82, 2.24) is 9.97 Å².